The third kappa shape index (κ3) is 40.3. The second-order valence-corrected chi connectivity index (χ2v) is 54.0. The minimum atomic E-state index is -0.612. The fourth-order valence-corrected chi connectivity index (χ4v) is 21.4. The number of aliphatic hydroxyl groups is 1. The average Bonchev–Trinajstić information content (AvgIpc) is 1.92. The van der Waals surface area contributed by atoms with E-state index in [-0.39, 0.29) is 49.4 Å². The van der Waals surface area contributed by atoms with Gasteiger partial charge in [0.2, 0.25) is 5.89 Å². The molecule has 16 nitrogen and oxygen atoms in total. The molecular weight excluding hydrogens is 2140 g/mol. The number of thiophene rings is 8. The van der Waals surface area contributed by atoms with Crippen LogP contribution in [0.4, 0.5) is 0 Å². The first-order valence-electron chi connectivity index (χ1n) is 46.0. The van der Waals surface area contributed by atoms with Crippen LogP contribution in [0.15, 0.2) is 168 Å². The van der Waals surface area contributed by atoms with E-state index in [0.29, 0.717) is 33.0 Å². The van der Waals surface area contributed by atoms with Gasteiger partial charge in [-0.2, -0.15) is 15.3 Å². The molecule has 0 aliphatic carbocycles. The molecule has 2 aliphatic heterocycles. The number of ether oxygens (including phenoxy) is 1. The van der Waals surface area contributed by atoms with E-state index in [1.54, 1.807) is 166 Å². The summed E-state index contributed by atoms with van der Waals surface area (Å²) in [5, 5.41) is 24.2. The summed E-state index contributed by atoms with van der Waals surface area (Å²) in [6.45, 7) is 58.0. The number of aromatic nitrogens is 10. The minimum absolute atomic E-state index is 0.0724. The lowest BCUT2D eigenvalue weighted by Gasteiger charge is -2.24. The van der Waals surface area contributed by atoms with Crippen molar-refractivity contribution in [3.63, 3.8) is 0 Å². The highest BCUT2D eigenvalue weighted by atomic mass is 35.5. The summed E-state index contributed by atoms with van der Waals surface area (Å²) < 4.78 is 16.5. The van der Waals surface area contributed by atoms with Gasteiger partial charge in [-0.25, -0.2) is 24.9 Å². The number of aliphatic hydroxyl groups excluding tert-OH is 1. The molecule has 0 amide bonds. The van der Waals surface area contributed by atoms with Gasteiger partial charge in [0, 0.05) is 100 Å². The molecule has 2 atom stereocenters. The van der Waals surface area contributed by atoms with Gasteiger partial charge in [-0.3, -0.25) is 19.9 Å². The number of hydrogen-bond donors (Lipinski definition) is 1. The molecule has 14 aromatic heterocycles. The van der Waals surface area contributed by atoms with Crippen molar-refractivity contribution in [1.29, 1.82) is 0 Å². The first kappa shape index (κ1) is 120. The summed E-state index contributed by atoms with van der Waals surface area (Å²) >= 11 is 62.3. The predicted molar refractivity (Wildman–Crippen MR) is 622 cm³/mol. The number of halogens is 8. The first-order chi connectivity index (χ1) is 68.5. The maximum atomic E-state index is 9.06. The Morgan fingerprint density at radius 3 is 1.15 bits per heavy atom. The molecule has 0 aromatic carbocycles. The normalized spacial score (nSPS) is 12.8. The Labute approximate surface area is 933 Å². The Bertz CT molecular complexity index is 6850. The lowest BCUT2D eigenvalue weighted by molar-refractivity contribution is 0.0443. The zero-order chi connectivity index (χ0) is 107. The highest BCUT2D eigenvalue weighted by molar-refractivity contribution is 7.19. The fraction of sp³-hybridized carbons (Fsp3) is 0.351. The number of rotatable bonds is 2. The molecule has 32 heteroatoms. The minimum Gasteiger partial charge on any atom is -0.443 e. The van der Waals surface area contributed by atoms with E-state index in [9.17, 15) is 0 Å². The molecule has 1 N–H and O–H groups in total. The van der Waals surface area contributed by atoms with Crippen molar-refractivity contribution in [2.24, 2.45) is 9.98 Å². The first-order valence-corrected chi connectivity index (χ1v) is 55.6. The molecule has 0 saturated carbocycles. The van der Waals surface area contributed by atoms with Crippen molar-refractivity contribution >= 4 is 196 Å². The van der Waals surface area contributed by atoms with Crippen LogP contribution in [0, 0.1) is 94.7 Å². The quantitative estimate of drug-likeness (QED) is 0.160. The smallest absolute Gasteiger partial charge is 0.245 e. The van der Waals surface area contributed by atoms with Gasteiger partial charge in [0.25, 0.3) is 0 Å². The van der Waals surface area contributed by atoms with Gasteiger partial charge in [0.1, 0.15) is 88.5 Å². The van der Waals surface area contributed by atoms with Crippen LogP contribution in [0.25, 0.3) is 11.6 Å². The molecule has 758 valence electrons. The lowest BCUT2D eigenvalue weighted by atomic mass is 9.94. The molecule has 1 fully saturated rings. The second kappa shape index (κ2) is 55.2. The van der Waals surface area contributed by atoms with Gasteiger partial charge in [-0.15, -0.1) is 95.8 Å². The Balaban J connectivity index is 0.000000186. The van der Waals surface area contributed by atoms with Gasteiger partial charge in [-0.05, 0) is 153 Å². The third-order valence-corrected chi connectivity index (χ3v) is 34.0. The molecule has 2 unspecified atom stereocenters. The second-order valence-electron chi connectivity index (χ2n) is 40.7. The molecular formula is C114H115Cl8N13O3S8. The van der Waals surface area contributed by atoms with Crippen molar-refractivity contribution in [3.8, 4) is 106 Å². The maximum absolute atomic E-state index is 9.06. The standard InChI is InChI=1S/C18H15ClN2OS.C15H20ClNOS.4C14H13ClN2S.C13H13ClN2S.C12H15ClOS/c1-18(2,3)15-11-13(16(19)23-15)5-4-12-6-7-20-14(10-12)17-21-8-9-22-17;1-15(2,3)13-11-12(14(16)19-13)5-4-6-17-7-9-18-10-8-17;1-14(2,3)12-8-10(13(15)18-12)4-5-11-9-16-6-7-17-11;1-14(2,3)12-8-10(13(15)18-12)4-5-11-6-7-16-9-17-11;1-14(2,3)12-8-11(13(15)18-12)5-4-10-6-7-16-17-9-10;1-14(2,3)12-9-10(13(15)18-12)6-7-11-5-4-8-16-17-11;1-13(2,3)11-6-9(12(14)17-11)4-5-10-7-15-8-16-10;1-8(14)5-6-9-7-10(12(2,3)4)15-11(9)13/h6-11H,1-3H3;11H,6-10H2,1-3H3;3*6-9H,1-3H3;4-5,8-9H,1-3H3;6-8,10H,1-3H3;7-8,14H,1-4H3. The fourth-order valence-electron chi connectivity index (χ4n) is 11.4. The van der Waals surface area contributed by atoms with E-state index < -0.39 is 6.10 Å². The predicted octanol–water partition coefficient (Wildman–Crippen LogP) is 31.0. The van der Waals surface area contributed by atoms with Gasteiger partial charge in [0.05, 0.1) is 89.1 Å². The van der Waals surface area contributed by atoms with Crippen LogP contribution in [0.5, 0.6) is 0 Å². The van der Waals surface area contributed by atoms with Crippen LogP contribution in [0.1, 0.15) is 285 Å². The maximum Gasteiger partial charge on any atom is 0.245 e. The molecule has 146 heavy (non-hydrogen) atoms. The number of pyridine rings is 1. The Kier molecular flexibility index (Phi) is 45.3. The number of oxazole rings is 1. The zero-order valence-corrected chi connectivity index (χ0v) is 98.7. The van der Waals surface area contributed by atoms with E-state index in [1.807, 2.05) is 36.4 Å². The Hall–Kier alpha value is -9.70. The highest BCUT2D eigenvalue weighted by Gasteiger charge is 2.27. The van der Waals surface area contributed by atoms with E-state index in [1.165, 1.54) is 57.9 Å². The zero-order valence-electron chi connectivity index (χ0n) is 86.1. The van der Waals surface area contributed by atoms with Crippen molar-refractivity contribution < 1.29 is 14.3 Å². The molecule has 1 saturated heterocycles. The largest absolute Gasteiger partial charge is 0.443 e. The van der Waals surface area contributed by atoms with Crippen LogP contribution >= 0.6 is 184 Å². The molecule has 16 rings (SSSR count). The van der Waals surface area contributed by atoms with E-state index >= 15 is 0 Å². The Morgan fingerprint density at radius 2 is 0.788 bits per heavy atom. The van der Waals surface area contributed by atoms with Gasteiger partial charge < -0.3 is 14.3 Å². The van der Waals surface area contributed by atoms with Gasteiger partial charge >= 0.3 is 0 Å². The highest BCUT2D eigenvalue weighted by Crippen LogP contribution is 2.43. The number of nitrogens with zero attached hydrogens (tertiary/aromatic N) is 13. The average molecular weight is 2260 g/mol. The van der Waals surface area contributed by atoms with Gasteiger partial charge in [0.15, 0.2) is 0 Å². The molecule has 0 radical (unpaired) electrons. The van der Waals surface area contributed by atoms with Crippen LogP contribution < -0.4 is 0 Å². The monoisotopic (exact) mass is 2250 g/mol. The third-order valence-electron chi connectivity index (χ3n) is 19.7. The SMILES string of the molecule is CC(C)(C)c1cc(C#CC2C=NC=N2)c(Cl)s1.CC(C)(C)c1cc(C#CCN2CCOCC2)c(Cl)s1.CC(C)(C)c1cc(C#Cc2cccnn2)c(Cl)s1.CC(C)(C)c1cc(C#Cc2ccnc(-c3ncco3)c2)c(Cl)s1.CC(C)(C)c1cc(C#Cc2ccncn2)c(Cl)s1.CC(C)(C)c1cc(C#Cc2ccnnc2)c(Cl)s1.CC(C)(C)c1cc(C#Cc2cnccn2)c(Cl)s1.CC(O)C#Cc1cc(C(C)(C)C)sc1Cl. The van der Waals surface area contributed by atoms with E-state index in [2.05, 4.69) is 369 Å². The summed E-state index contributed by atoms with van der Waals surface area (Å²) in [5.41, 5.74) is 12.1. The van der Waals surface area contributed by atoms with Gasteiger partial charge in [-0.1, -0.05) is 336 Å². The number of aliphatic imine (C=N–C) groups is 2. The summed E-state index contributed by atoms with van der Waals surface area (Å²) in [4.78, 5) is 44.5. The van der Waals surface area contributed by atoms with Crippen LogP contribution in [0.3, 0.4) is 0 Å². The number of morpholine rings is 1. The molecule has 16 heterocycles. The van der Waals surface area contributed by atoms with Crippen LogP contribution in [0.2, 0.25) is 34.7 Å². The molecule has 0 bridgehead atoms. The van der Waals surface area contributed by atoms with E-state index in [4.69, 9.17) is 107 Å². The summed E-state index contributed by atoms with van der Waals surface area (Å²) in [5.74, 6) is 49.0. The summed E-state index contributed by atoms with van der Waals surface area (Å²) in [6, 6.07) is 27.3. The van der Waals surface area contributed by atoms with Crippen molar-refractivity contribution in [2.45, 2.75) is 229 Å². The summed E-state index contributed by atoms with van der Waals surface area (Å²) in [6.07, 6.45) is 20.4. The number of hydrogen-bond acceptors (Lipinski definition) is 24. The lowest BCUT2D eigenvalue weighted by Crippen LogP contribution is -2.36. The van der Waals surface area contributed by atoms with E-state index in [0.717, 1.165) is 119 Å². The molecule has 2 aliphatic rings. The van der Waals surface area contributed by atoms with Crippen LogP contribution in [-0.2, 0) is 48.1 Å². The van der Waals surface area contributed by atoms with Crippen LogP contribution in [-0.4, -0.2) is 118 Å². The topological polar surface area (TPSA) is 199 Å². The molecule has 0 spiro atoms. The van der Waals surface area contributed by atoms with Crippen molar-refractivity contribution in [3.05, 3.63) is 300 Å². The Morgan fingerprint density at radius 1 is 0.377 bits per heavy atom. The molecule has 14 aromatic rings. The van der Waals surface area contributed by atoms with Crippen molar-refractivity contribution in [1.82, 2.24) is 55.2 Å². The summed E-state index contributed by atoms with van der Waals surface area (Å²) in [7, 11) is 0. The van der Waals surface area contributed by atoms with Crippen molar-refractivity contribution in [2.75, 3.05) is 32.8 Å².